The van der Waals surface area contributed by atoms with E-state index in [9.17, 15) is 0 Å². The fourth-order valence-electron chi connectivity index (χ4n) is 1.28. The first-order valence-corrected chi connectivity index (χ1v) is 5.57. The number of ether oxygens (including phenoxy) is 2. The average molecular weight is 229 g/mol. The number of benzene rings is 1. The normalized spacial score (nSPS) is 12.4. The van der Waals surface area contributed by atoms with Crippen molar-refractivity contribution >= 4 is 11.6 Å². The van der Waals surface area contributed by atoms with Crippen molar-refractivity contribution in [1.29, 1.82) is 0 Å². The van der Waals surface area contributed by atoms with Gasteiger partial charge >= 0.3 is 0 Å². The van der Waals surface area contributed by atoms with E-state index in [1.54, 1.807) is 7.11 Å². The number of methoxy groups -OCH3 is 1. The van der Waals surface area contributed by atoms with Crippen molar-refractivity contribution < 1.29 is 9.47 Å². The second kappa shape index (κ2) is 7.55. The molecule has 0 aromatic heterocycles. The van der Waals surface area contributed by atoms with Crippen LogP contribution in [0.15, 0.2) is 30.3 Å². The highest BCUT2D eigenvalue weighted by Gasteiger charge is 2.03. The van der Waals surface area contributed by atoms with Gasteiger partial charge in [-0.25, -0.2) is 0 Å². The van der Waals surface area contributed by atoms with Crippen LogP contribution in [0.2, 0.25) is 0 Å². The van der Waals surface area contributed by atoms with Crippen LogP contribution < -0.4 is 4.74 Å². The van der Waals surface area contributed by atoms with E-state index in [0.717, 1.165) is 18.6 Å². The Morgan fingerprint density at radius 1 is 1.27 bits per heavy atom. The Balaban J connectivity index is 2.07. The van der Waals surface area contributed by atoms with Gasteiger partial charge in [0.25, 0.3) is 0 Å². The van der Waals surface area contributed by atoms with Crippen molar-refractivity contribution in [2.75, 3.05) is 20.3 Å². The lowest BCUT2D eigenvalue weighted by atomic mass is 10.2. The van der Waals surface area contributed by atoms with Crippen molar-refractivity contribution in [3.63, 3.8) is 0 Å². The monoisotopic (exact) mass is 228 g/mol. The highest BCUT2D eigenvalue weighted by molar-refractivity contribution is 6.20. The Bertz CT molecular complexity index is 251. The summed E-state index contributed by atoms with van der Waals surface area (Å²) >= 11 is 5.98. The molecule has 0 N–H and O–H groups in total. The van der Waals surface area contributed by atoms with Crippen LogP contribution in [-0.4, -0.2) is 25.7 Å². The van der Waals surface area contributed by atoms with Crippen LogP contribution in [0.3, 0.4) is 0 Å². The molecule has 0 saturated carbocycles. The zero-order valence-corrected chi connectivity index (χ0v) is 9.74. The van der Waals surface area contributed by atoms with Gasteiger partial charge in [-0.15, -0.1) is 11.6 Å². The number of para-hydroxylation sites is 1. The second-order valence-corrected chi connectivity index (χ2v) is 3.97. The van der Waals surface area contributed by atoms with E-state index in [-0.39, 0.29) is 5.38 Å². The van der Waals surface area contributed by atoms with E-state index in [0.29, 0.717) is 13.2 Å². The summed E-state index contributed by atoms with van der Waals surface area (Å²) < 4.78 is 10.5. The van der Waals surface area contributed by atoms with Crippen LogP contribution in [-0.2, 0) is 4.74 Å². The third kappa shape index (κ3) is 5.65. The lowest BCUT2D eigenvalue weighted by molar-refractivity contribution is 0.192. The SMILES string of the molecule is COCC(Cl)CCCOc1ccccc1. The molecule has 0 fully saturated rings. The zero-order chi connectivity index (χ0) is 10.9. The summed E-state index contributed by atoms with van der Waals surface area (Å²) in [5, 5.41) is 0.0920. The maximum atomic E-state index is 5.98. The molecule has 0 spiro atoms. The van der Waals surface area contributed by atoms with Gasteiger partial charge in [0, 0.05) is 7.11 Å². The van der Waals surface area contributed by atoms with Gasteiger partial charge in [0.15, 0.2) is 0 Å². The van der Waals surface area contributed by atoms with Crippen molar-refractivity contribution in [3.8, 4) is 5.75 Å². The van der Waals surface area contributed by atoms with E-state index < -0.39 is 0 Å². The van der Waals surface area contributed by atoms with Crippen LogP contribution in [0, 0.1) is 0 Å². The molecule has 1 aromatic carbocycles. The summed E-state index contributed by atoms with van der Waals surface area (Å²) in [5.41, 5.74) is 0. The lowest BCUT2D eigenvalue weighted by Gasteiger charge is -2.09. The molecule has 1 atom stereocenters. The molecule has 0 saturated heterocycles. The summed E-state index contributed by atoms with van der Waals surface area (Å²) in [6.45, 7) is 1.31. The molecular formula is C12H17ClO2. The molecule has 0 heterocycles. The van der Waals surface area contributed by atoms with Crippen molar-refractivity contribution in [3.05, 3.63) is 30.3 Å². The fourth-order valence-corrected chi connectivity index (χ4v) is 1.56. The first kappa shape index (κ1) is 12.3. The number of halogens is 1. The predicted octanol–water partition coefficient (Wildman–Crippen LogP) is 3.10. The van der Waals surface area contributed by atoms with Crippen molar-refractivity contribution in [1.82, 2.24) is 0 Å². The van der Waals surface area contributed by atoms with E-state index in [2.05, 4.69) is 0 Å². The van der Waals surface area contributed by atoms with Crippen LogP contribution in [0.5, 0.6) is 5.75 Å². The molecule has 1 unspecified atom stereocenters. The zero-order valence-electron chi connectivity index (χ0n) is 8.99. The maximum absolute atomic E-state index is 5.98. The summed E-state index contributed by atoms with van der Waals surface area (Å²) in [5.74, 6) is 0.912. The Morgan fingerprint density at radius 2 is 2.00 bits per heavy atom. The molecule has 0 aliphatic rings. The molecule has 1 rings (SSSR count). The first-order chi connectivity index (χ1) is 7.33. The van der Waals surface area contributed by atoms with Crippen LogP contribution in [0.1, 0.15) is 12.8 Å². The fraction of sp³-hybridized carbons (Fsp3) is 0.500. The molecule has 0 aliphatic heterocycles. The van der Waals surface area contributed by atoms with E-state index in [4.69, 9.17) is 21.1 Å². The van der Waals surface area contributed by atoms with Gasteiger partial charge in [0.2, 0.25) is 0 Å². The molecule has 2 nitrogen and oxygen atoms in total. The van der Waals surface area contributed by atoms with Crippen LogP contribution in [0.25, 0.3) is 0 Å². The van der Waals surface area contributed by atoms with E-state index in [1.807, 2.05) is 30.3 Å². The second-order valence-electron chi connectivity index (χ2n) is 3.36. The van der Waals surface area contributed by atoms with Gasteiger partial charge in [-0.3, -0.25) is 0 Å². The Labute approximate surface area is 96.2 Å². The summed E-state index contributed by atoms with van der Waals surface area (Å²) in [6, 6.07) is 9.80. The van der Waals surface area contributed by atoms with Gasteiger partial charge in [0.1, 0.15) is 5.75 Å². The quantitative estimate of drug-likeness (QED) is 0.528. The minimum atomic E-state index is 0.0920. The number of rotatable bonds is 7. The topological polar surface area (TPSA) is 18.5 Å². The van der Waals surface area contributed by atoms with Gasteiger partial charge in [-0.1, -0.05) is 18.2 Å². The molecule has 0 bridgehead atoms. The minimum absolute atomic E-state index is 0.0920. The molecule has 0 radical (unpaired) electrons. The molecule has 1 aromatic rings. The van der Waals surface area contributed by atoms with Gasteiger partial charge < -0.3 is 9.47 Å². The highest BCUT2D eigenvalue weighted by atomic mass is 35.5. The number of hydrogen-bond donors (Lipinski definition) is 0. The Morgan fingerprint density at radius 3 is 2.67 bits per heavy atom. The Kier molecular flexibility index (Phi) is 6.21. The van der Waals surface area contributed by atoms with Crippen molar-refractivity contribution in [2.45, 2.75) is 18.2 Å². The third-order valence-electron chi connectivity index (χ3n) is 2.02. The lowest BCUT2D eigenvalue weighted by Crippen LogP contribution is -2.09. The third-order valence-corrected chi connectivity index (χ3v) is 2.37. The summed E-state index contributed by atoms with van der Waals surface area (Å²) in [6.07, 6.45) is 1.87. The first-order valence-electron chi connectivity index (χ1n) is 5.14. The largest absolute Gasteiger partial charge is 0.494 e. The standard InChI is InChI=1S/C12H17ClO2/c1-14-10-11(13)6-5-9-15-12-7-3-2-4-8-12/h2-4,7-8,11H,5-6,9-10H2,1H3. The van der Waals surface area contributed by atoms with Gasteiger partial charge in [0.05, 0.1) is 18.6 Å². The molecular weight excluding hydrogens is 212 g/mol. The summed E-state index contributed by atoms with van der Waals surface area (Å²) in [4.78, 5) is 0. The Hall–Kier alpha value is -0.730. The molecule has 0 amide bonds. The minimum Gasteiger partial charge on any atom is -0.494 e. The average Bonchev–Trinajstić information content (AvgIpc) is 2.26. The molecule has 3 heteroatoms. The summed E-state index contributed by atoms with van der Waals surface area (Å²) in [7, 11) is 1.66. The van der Waals surface area contributed by atoms with Gasteiger partial charge in [-0.05, 0) is 25.0 Å². The van der Waals surface area contributed by atoms with Crippen molar-refractivity contribution in [2.24, 2.45) is 0 Å². The molecule has 84 valence electrons. The molecule has 0 aliphatic carbocycles. The molecule has 15 heavy (non-hydrogen) atoms. The predicted molar refractivity (Wildman–Crippen MR) is 62.7 cm³/mol. The van der Waals surface area contributed by atoms with Crippen LogP contribution >= 0.6 is 11.6 Å². The van der Waals surface area contributed by atoms with E-state index in [1.165, 1.54) is 0 Å². The highest BCUT2D eigenvalue weighted by Crippen LogP contribution is 2.10. The number of hydrogen-bond acceptors (Lipinski definition) is 2. The van der Waals surface area contributed by atoms with Gasteiger partial charge in [-0.2, -0.15) is 0 Å². The smallest absolute Gasteiger partial charge is 0.119 e. The van der Waals surface area contributed by atoms with E-state index >= 15 is 0 Å². The maximum Gasteiger partial charge on any atom is 0.119 e. The van der Waals surface area contributed by atoms with Crippen LogP contribution in [0.4, 0.5) is 0 Å². The number of alkyl halides is 1.